The van der Waals surface area contributed by atoms with E-state index in [1.807, 2.05) is 30.5 Å². The lowest BCUT2D eigenvalue weighted by Crippen LogP contribution is -2.28. The van der Waals surface area contributed by atoms with Gasteiger partial charge in [0.25, 0.3) is 5.91 Å². The van der Waals surface area contributed by atoms with E-state index in [0.717, 1.165) is 16.5 Å². The van der Waals surface area contributed by atoms with Gasteiger partial charge in [0, 0.05) is 23.3 Å². The summed E-state index contributed by atoms with van der Waals surface area (Å²) in [5, 5.41) is 14.4. The number of hydrogen-bond donors (Lipinski definition) is 3. The van der Waals surface area contributed by atoms with Crippen LogP contribution in [0.25, 0.3) is 10.9 Å². The minimum atomic E-state index is -1.23. The van der Waals surface area contributed by atoms with E-state index in [9.17, 15) is 9.90 Å². The summed E-state index contributed by atoms with van der Waals surface area (Å²) < 4.78 is 0. The minimum Gasteiger partial charge on any atom is -0.378 e. The van der Waals surface area contributed by atoms with Crippen molar-refractivity contribution in [3.8, 4) is 0 Å². The Morgan fingerprint density at radius 2 is 2.09 bits per heavy atom. The van der Waals surface area contributed by atoms with Crippen molar-refractivity contribution in [2.45, 2.75) is 12.6 Å². The van der Waals surface area contributed by atoms with E-state index in [2.05, 4.69) is 10.3 Å². The minimum absolute atomic E-state index is 0.353. The lowest BCUT2D eigenvalue weighted by Gasteiger charge is -2.12. The molecule has 3 rings (SSSR count). The predicted octanol–water partition coefficient (Wildman–Crippen LogP) is 3.17. The number of fused-ring (bicyclic) bond motifs is 1. The van der Waals surface area contributed by atoms with Crippen LogP contribution in [0.2, 0.25) is 5.02 Å². The summed E-state index contributed by atoms with van der Waals surface area (Å²) in [7, 11) is 0. The van der Waals surface area contributed by atoms with Gasteiger partial charge in [-0.15, -0.1) is 0 Å². The molecule has 0 aliphatic rings. The smallest absolute Gasteiger partial charge is 0.253 e. The SMILES string of the molecule is O=C(NCc1ccc2cc[nH]c2c1)C(O)c1cccc(Cl)c1. The van der Waals surface area contributed by atoms with E-state index in [-0.39, 0.29) is 0 Å². The molecule has 0 fully saturated rings. The molecule has 0 saturated carbocycles. The van der Waals surface area contributed by atoms with Gasteiger partial charge in [-0.25, -0.2) is 0 Å². The number of halogens is 1. The van der Waals surface area contributed by atoms with Gasteiger partial charge in [-0.1, -0.05) is 35.9 Å². The third-order valence-corrected chi connectivity index (χ3v) is 3.73. The Hall–Kier alpha value is -2.30. The topological polar surface area (TPSA) is 65.1 Å². The number of H-pyrrole nitrogens is 1. The van der Waals surface area contributed by atoms with E-state index in [0.29, 0.717) is 17.1 Å². The second kappa shape index (κ2) is 6.22. The molecule has 0 radical (unpaired) electrons. The molecule has 3 N–H and O–H groups in total. The summed E-state index contributed by atoms with van der Waals surface area (Å²) in [6, 6.07) is 14.5. The first kappa shape index (κ1) is 14.6. The molecule has 22 heavy (non-hydrogen) atoms. The summed E-state index contributed by atoms with van der Waals surface area (Å²) in [4.78, 5) is 15.2. The second-order valence-corrected chi connectivity index (χ2v) is 5.51. The third kappa shape index (κ3) is 3.13. The van der Waals surface area contributed by atoms with Gasteiger partial charge in [0.05, 0.1) is 0 Å². The highest BCUT2D eigenvalue weighted by Gasteiger charge is 2.17. The van der Waals surface area contributed by atoms with E-state index in [4.69, 9.17) is 11.6 Å². The molecule has 1 unspecified atom stereocenters. The van der Waals surface area contributed by atoms with Crippen molar-refractivity contribution in [3.63, 3.8) is 0 Å². The molecule has 3 aromatic rings. The molecule has 0 bridgehead atoms. The van der Waals surface area contributed by atoms with Gasteiger partial charge < -0.3 is 15.4 Å². The van der Waals surface area contributed by atoms with Crippen LogP contribution >= 0.6 is 11.6 Å². The Kier molecular flexibility index (Phi) is 4.13. The average molecular weight is 315 g/mol. The van der Waals surface area contributed by atoms with Gasteiger partial charge in [0.15, 0.2) is 6.10 Å². The van der Waals surface area contributed by atoms with Crippen LogP contribution < -0.4 is 5.32 Å². The molecule has 1 heterocycles. The highest BCUT2D eigenvalue weighted by molar-refractivity contribution is 6.30. The molecule has 0 aliphatic carbocycles. The van der Waals surface area contributed by atoms with Crippen molar-refractivity contribution >= 4 is 28.4 Å². The van der Waals surface area contributed by atoms with Gasteiger partial charge in [0.2, 0.25) is 0 Å². The number of carbonyl (C=O) groups excluding carboxylic acids is 1. The largest absolute Gasteiger partial charge is 0.378 e. The molecule has 4 nitrogen and oxygen atoms in total. The number of nitrogens with one attached hydrogen (secondary N) is 2. The van der Waals surface area contributed by atoms with E-state index >= 15 is 0 Å². The van der Waals surface area contributed by atoms with Crippen molar-refractivity contribution < 1.29 is 9.90 Å². The van der Waals surface area contributed by atoms with Crippen LogP contribution in [0.15, 0.2) is 54.7 Å². The fourth-order valence-corrected chi connectivity index (χ4v) is 2.52. The molecule has 0 aliphatic heterocycles. The van der Waals surface area contributed by atoms with E-state index < -0.39 is 12.0 Å². The first-order valence-corrected chi connectivity index (χ1v) is 7.28. The number of amides is 1. The quantitative estimate of drug-likeness (QED) is 0.692. The van der Waals surface area contributed by atoms with Gasteiger partial charge in [-0.05, 0) is 40.8 Å². The fourth-order valence-electron chi connectivity index (χ4n) is 2.32. The summed E-state index contributed by atoms with van der Waals surface area (Å²) in [6.45, 7) is 0.353. The number of carbonyl (C=O) groups is 1. The number of aromatic nitrogens is 1. The first-order chi connectivity index (χ1) is 10.6. The highest BCUT2D eigenvalue weighted by Crippen LogP contribution is 2.18. The molecule has 0 spiro atoms. The van der Waals surface area contributed by atoms with Gasteiger partial charge >= 0.3 is 0 Å². The number of rotatable bonds is 4. The maximum Gasteiger partial charge on any atom is 0.253 e. The first-order valence-electron chi connectivity index (χ1n) is 6.91. The maximum atomic E-state index is 12.0. The van der Waals surface area contributed by atoms with Crippen molar-refractivity contribution in [1.29, 1.82) is 0 Å². The summed E-state index contributed by atoms with van der Waals surface area (Å²) >= 11 is 5.86. The zero-order valence-electron chi connectivity index (χ0n) is 11.7. The summed E-state index contributed by atoms with van der Waals surface area (Å²) in [5.74, 6) is -0.450. The van der Waals surface area contributed by atoms with Crippen molar-refractivity contribution in [3.05, 3.63) is 70.9 Å². The molecular formula is C17H15ClN2O2. The van der Waals surface area contributed by atoms with Crippen LogP contribution in [0.1, 0.15) is 17.2 Å². The Labute approximate surface area is 132 Å². The van der Waals surface area contributed by atoms with Crippen molar-refractivity contribution in [2.24, 2.45) is 0 Å². The number of aromatic amines is 1. The van der Waals surface area contributed by atoms with Crippen LogP contribution in [0.3, 0.4) is 0 Å². The van der Waals surface area contributed by atoms with Crippen molar-refractivity contribution in [1.82, 2.24) is 10.3 Å². The van der Waals surface area contributed by atoms with Crippen LogP contribution in [0, 0.1) is 0 Å². The lowest BCUT2D eigenvalue weighted by molar-refractivity contribution is -0.129. The third-order valence-electron chi connectivity index (χ3n) is 3.50. The molecular weight excluding hydrogens is 300 g/mol. The summed E-state index contributed by atoms with van der Waals surface area (Å²) in [5.41, 5.74) is 2.45. The molecule has 0 saturated heterocycles. The van der Waals surface area contributed by atoms with Gasteiger partial charge in [-0.3, -0.25) is 4.79 Å². The van der Waals surface area contributed by atoms with Gasteiger partial charge in [-0.2, -0.15) is 0 Å². The number of benzene rings is 2. The Morgan fingerprint density at radius 1 is 1.23 bits per heavy atom. The number of aliphatic hydroxyl groups excluding tert-OH is 1. The average Bonchev–Trinajstić information content (AvgIpc) is 2.99. The van der Waals surface area contributed by atoms with Crippen LogP contribution in [-0.4, -0.2) is 16.0 Å². The summed E-state index contributed by atoms with van der Waals surface area (Å²) in [6.07, 6.45) is 0.642. The normalized spacial score (nSPS) is 12.3. The van der Waals surface area contributed by atoms with Gasteiger partial charge in [0.1, 0.15) is 0 Å². The van der Waals surface area contributed by atoms with Crippen LogP contribution in [-0.2, 0) is 11.3 Å². The highest BCUT2D eigenvalue weighted by atomic mass is 35.5. The van der Waals surface area contributed by atoms with E-state index in [1.165, 1.54) is 0 Å². The second-order valence-electron chi connectivity index (χ2n) is 5.07. The van der Waals surface area contributed by atoms with Crippen LogP contribution in [0.5, 0.6) is 0 Å². The maximum absolute atomic E-state index is 12.0. The fraction of sp³-hybridized carbons (Fsp3) is 0.118. The molecule has 1 amide bonds. The van der Waals surface area contributed by atoms with Crippen LogP contribution in [0.4, 0.5) is 0 Å². The van der Waals surface area contributed by atoms with Crippen molar-refractivity contribution in [2.75, 3.05) is 0 Å². The Balaban J connectivity index is 1.66. The Morgan fingerprint density at radius 3 is 2.91 bits per heavy atom. The zero-order valence-corrected chi connectivity index (χ0v) is 12.5. The zero-order chi connectivity index (χ0) is 15.5. The van der Waals surface area contributed by atoms with E-state index in [1.54, 1.807) is 24.3 Å². The standard InChI is InChI=1S/C17H15ClN2O2/c18-14-3-1-2-13(9-14)16(21)17(22)20-10-11-4-5-12-6-7-19-15(12)8-11/h1-9,16,19,21H,10H2,(H,20,22). The Bertz CT molecular complexity index is 813. The lowest BCUT2D eigenvalue weighted by atomic mass is 10.1. The molecule has 1 atom stereocenters. The molecule has 5 heteroatoms. The number of hydrogen-bond acceptors (Lipinski definition) is 2. The number of aliphatic hydroxyl groups is 1. The molecule has 1 aromatic heterocycles. The molecule has 112 valence electrons. The molecule has 2 aromatic carbocycles. The monoisotopic (exact) mass is 314 g/mol. The predicted molar refractivity (Wildman–Crippen MR) is 86.6 cm³/mol.